The van der Waals surface area contributed by atoms with Gasteiger partial charge in [0.1, 0.15) is 5.69 Å². The van der Waals surface area contributed by atoms with E-state index in [-0.39, 0.29) is 5.91 Å². The first-order valence-electron chi connectivity index (χ1n) is 10.3. The lowest BCUT2D eigenvalue weighted by molar-refractivity contribution is 0.0755. The van der Waals surface area contributed by atoms with Crippen LogP contribution in [-0.4, -0.2) is 54.6 Å². The molecule has 3 heterocycles. The molecule has 1 amide bonds. The second-order valence-corrected chi connectivity index (χ2v) is 7.60. The van der Waals surface area contributed by atoms with Crippen LogP contribution >= 0.6 is 0 Å². The van der Waals surface area contributed by atoms with Gasteiger partial charge in [-0.25, -0.2) is 9.97 Å². The number of benzene rings is 1. The smallest absolute Gasteiger partial charge is 0.272 e. The Labute approximate surface area is 171 Å². The van der Waals surface area contributed by atoms with Crippen LogP contribution in [0.2, 0.25) is 0 Å². The maximum Gasteiger partial charge on any atom is 0.272 e. The first kappa shape index (κ1) is 19.5. The van der Waals surface area contributed by atoms with Gasteiger partial charge in [-0.05, 0) is 48.6 Å². The van der Waals surface area contributed by atoms with Crippen LogP contribution in [0.3, 0.4) is 0 Å². The molecule has 1 fully saturated rings. The lowest BCUT2D eigenvalue weighted by Crippen LogP contribution is -2.34. The minimum Gasteiger partial charge on any atom is -0.493 e. The number of likely N-dealkylation sites (tertiary alicyclic amines) is 1. The van der Waals surface area contributed by atoms with E-state index in [1.165, 1.54) is 24.0 Å². The van der Waals surface area contributed by atoms with E-state index in [2.05, 4.69) is 14.9 Å². The molecule has 4 rings (SSSR count). The van der Waals surface area contributed by atoms with Crippen molar-refractivity contribution in [2.45, 2.75) is 38.6 Å². The topological polar surface area (TPSA) is 67.8 Å². The number of anilines is 1. The fourth-order valence-electron chi connectivity index (χ4n) is 4.11. The molecular formula is C22H28N4O3. The number of carbonyl (C=O) groups is 1. The van der Waals surface area contributed by atoms with Gasteiger partial charge in [-0.2, -0.15) is 0 Å². The number of amides is 1. The van der Waals surface area contributed by atoms with Gasteiger partial charge in [-0.1, -0.05) is 12.8 Å². The minimum absolute atomic E-state index is 0.0133. The van der Waals surface area contributed by atoms with E-state index in [1.807, 2.05) is 17.0 Å². The van der Waals surface area contributed by atoms with Crippen molar-refractivity contribution < 1.29 is 14.3 Å². The summed E-state index contributed by atoms with van der Waals surface area (Å²) >= 11 is 0. The van der Waals surface area contributed by atoms with Crippen LogP contribution < -0.4 is 14.4 Å². The Hall–Kier alpha value is -2.83. The van der Waals surface area contributed by atoms with Crippen molar-refractivity contribution in [3.63, 3.8) is 0 Å². The number of methoxy groups -OCH3 is 2. The van der Waals surface area contributed by atoms with Crippen LogP contribution in [0.5, 0.6) is 11.5 Å². The minimum atomic E-state index is 0.0133. The highest BCUT2D eigenvalue weighted by Gasteiger charge is 2.23. The van der Waals surface area contributed by atoms with Crippen LogP contribution in [0, 0.1) is 0 Å². The molecule has 29 heavy (non-hydrogen) atoms. The summed E-state index contributed by atoms with van der Waals surface area (Å²) in [5, 5.41) is 0. The zero-order valence-corrected chi connectivity index (χ0v) is 17.2. The van der Waals surface area contributed by atoms with Crippen molar-refractivity contribution >= 4 is 11.9 Å². The summed E-state index contributed by atoms with van der Waals surface area (Å²) in [5.74, 6) is 2.09. The van der Waals surface area contributed by atoms with Gasteiger partial charge in [-0.3, -0.25) is 4.79 Å². The Kier molecular flexibility index (Phi) is 5.83. The molecule has 2 aliphatic rings. The van der Waals surface area contributed by atoms with Gasteiger partial charge in [0.15, 0.2) is 11.5 Å². The summed E-state index contributed by atoms with van der Waals surface area (Å²) in [5.41, 5.74) is 2.90. The summed E-state index contributed by atoms with van der Waals surface area (Å²) < 4.78 is 10.9. The van der Waals surface area contributed by atoms with Gasteiger partial charge in [0.05, 0.1) is 14.2 Å². The van der Waals surface area contributed by atoms with Crippen LogP contribution in [0.4, 0.5) is 5.95 Å². The van der Waals surface area contributed by atoms with E-state index in [1.54, 1.807) is 26.5 Å². The van der Waals surface area contributed by atoms with Gasteiger partial charge in [-0.15, -0.1) is 0 Å². The number of hydrogen-bond acceptors (Lipinski definition) is 6. The maximum absolute atomic E-state index is 12.9. The lowest BCUT2D eigenvalue weighted by atomic mass is 9.99. The molecule has 1 aromatic heterocycles. The van der Waals surface area contributed by atoms with E-state index < -0.39 is 0 Å². The first-order chi connectivity index (χ1) is 14.2. The molecule has 0 saturated carbocycles. The third kappa shape index (κ3) is 4.13. The molecule has 7 nitrogen and oxygen atoms in total. The molecule has 0 bridgehead atoms. The molecule has 0 atom stereocenters. The van der Waals surface area contributed by atoms with Crippen LogP contribution in [0.1, 0.15) is 47.3 Å². The summed E-state index contributed by atoms with van der Waals surface area (Å²) in [6.45, 7) is 3.11. The average Bonchev–Trinajstić information content (AvgIpc) is 3.07. The van der Waals surface area contributed by atoms with Gasteiger partial charge < -0.3 is 19.3 Å². The molecule has 2 aliphatic heterocycles. The summed E-state index contributed by atoms with van der Waals surface area (Å²) in [4.78, 5) is 26.0. The zero-order valence-electron chi connectivity index (χ0n) is 17.2. The van der Waals surface area contributed by atoms with E-state index >= 15 is 0 Å². The third-order valence-corrected chi connectivity index (χ3v) is 5.76. The standard InChI is InChI=1S/C22H28N4O3/c1-28-19-13-16-8-12-26(15-17(16)14-20(19)29-2)22-23-9-7-18(24-22)21(27)25-10-5-3-4-6-11-25/h7,9,13-14H,3-6,8,10-12,15H2,1-2H3. The molecule has 0 radical (unpaired) electrons. The van der Waals surface area contributed by atoms with Crippen molar-refractivity contribution in [3.8, 4) is 11.5 Å². The van der Waals surface area contributed by atoms with E-state index in [9.17, 15) is 4.79 Å². The normalized spacial score (nSPS) is 16.8. The molecule has 1 saturated heterocycles. The average molecular weight is 396 g/mol. The van der Waals surface area contributed by atoms with E-state index in [4.69, 9.17) is 9.47 Å². The highest BCUT2D eigenvalue weighted by Crippen LogP contribution is 2.33. The zero-order chi connectivity index (χ0) is 20.2. The predicted octanol–water partition coefficient (Wildman–Crippen LogP) is 3.07. The number of nitrogens with zero attached hydrogens (tertiary/aromatic N) is 4. The fourth-order valence-corrected chi connectivity index (χ4v) is 4.11. The second-order valence-electron chi connectivity index (χ2n) is 7.60. The van der Waals surface area contributed by atoms with Crippen molar-refractivity contribution in [1.29, 1.82) is 0 Å². The maximum atomic E-state index is 12.9. The fraction of sp³-hybridized carbons (Fsp3) is 0.500. The first-order valence-corrected chi connectivity index (χ1v) is 10.3. The number of hydrogen-bond donors (Lipinski definition) is 0. The quantitative estimate of drug-likeness (QED) is 0.791. The van der Waals surface area contributed by atoms with Gasteiger partial charge >= 0.3 is 0 Å². The largest absolute Gasteiger partial charge is 0.493 e. The molecular weight excluding hydrogens is 368 g/mol. The summed E-state index contributed by atoms with van der Waals surface area (Å²) in [6, 6.07) is 5.79. The van der Waals surface area contributed by atoms with Crippen LogP contribution in [0.25, 0.3) is 0 Å². The predicted molar refractivity (Wildman–Crippen MR) is 111 cm³/mol. The third-order valence-electron chi connectivity index (χ3n) is 5.76. The summed E-state index contributed by atoms with van der Waals surface area (Å²) in [6.07, 6.45) is 7.08. The van der Waals surface area contributed by atoms with E-state index in [0.29, 0.717) is 18.2 Å². The van der Waals surface area contributed by atoms with E-state index in [0.717, 1.165) is 50.4 Å². The Balaban J connectivity index is 1.54. The molecule has 1 aromatic carbocycles. The molecule has 0 unspecified atom stereocenters. The Bertz CT molecular complexity index is 878. The Morgan fingerprint density at radius 2 is 1.66 bits per heavy atom. The number of fused-ring (bicyclic) bond motifs is 1. The highest BCUT2D eigenvalue weighted by molar-refractivity contribution is 5.92. The number of carbonyl (C=O) groups excluding carboxylic acids is 1. The Morgan fingerprint density at radius 3 is 2.34 bits per heavy atom. The molecule has 0 aliphatic carbocycles. The van der Waals surface area contributed by atoms with Crippen molar-refractivity contribution in [1.82, 2.24) is 14.9 Å². The van der Waals surface area contributed by atoms with Crippen molar-refractivity contribution in [2.75, 3.05) is 38.8 Å². The lowest BCUT2D eigenvalue weighted by Gasteiger charge is -2.30. The van der Waals surface area contributed by atoms with Crippen molar-refractivity contribution in [3.05, 3.63) is 41.2 Å². The van der Waals surface area contributed by atoms with Gasteiger partial charge in [0.2, 0.25) is 5.95 Å². The van der Waals surface area contributed by atoms with Crippen LogP contribution in [-0.2, 0) is 13.0 Å². The number of aromatic nitrogens is 2. The number of ether oxygens (including phenoxy) is 2. The van der Waals surface area contributed by atoms with Gasteiger partial charge in [0, 0.05) is 32.4 Å². The molecule has 7 heteroatoms. The molecule has 2 aromatic rings. The number of rotatable bonds is 4. The second kappa shape index (κ2) is 8.68. The SMILES string of the molecule is COc1cc2c(cc1OC)CN(c1nccc(C(=O)N3CCCCCC3)n1)CC2. The molecule has 0 N–H and O–H groups in total. The monoisotopic (exact) mass is 396 g/mol. The molecule has 154 valence electrons. The van der Waals surface area contributed by atoms with Crippen molar-refractivity contribution in [2.24, 2.45) is 0 Å². The van der Waals surface area contributed by atoms with Gasteiger partial charge in [0.25, 0.3) is 5.91 Å². The molecule has 0 spiro atoms. The highest BCUT2D eigenvalue weighted by atomic mass is 16.5. The summed E-state index contributed by atoms with van der Waals surface area (Å²) in [7, 11) is 3.30. The van der Waals surface area contributed by atoms with Crippen LogP contribution in [0.15, 0.2) is 24.4 Å². The Morgan fingerprint density at radius 1 is 0.966 bits per heavy atom.